The summed E-state index contributed by atoms with van der Waals surface area (Å²) < 4.78 is 28.2. The number of nitrogens with zero attached hydrogens (tertiary/aromatic N) is 5. The minimum atomic E-state index is -3.82. The molecule has 11 heteroatoms. The van der Waals surface area contributed by atoms with E-state index in [1.54, 1.807) is 43.7 Å². The number of anilines is 1. The molecule has 164 valence electrons. The Balaban J connectivity index is 1.74. The van der Waals surface area contributed by atoms with Crippen molar-refractivity contribution in [2.24, 2.45) is 0 Å². The van der Waals surface area contributed by atoms with Crippen LogP contribution in [0.1, 0.15) is 13.3 Å². The quantitative estimate of drug-likeness (QED) is 0.489. The molecule has 2 heterocycles. The van der Waals surface area contributed by atoms with Crippen molar-refractivity contribution in [2.45, 2.75) is 18.2 Å². The van der Waals surface area contributed by atoms with Crippen LogP contribution >= 0.6 is 23.2 Å². The summed E-state index contributed by atoms with van der Waals surface area (Å²) in [6.07, 6.45) is 4.87. The van der Waals surface area contributed by atoms with Gasteiger partial charge < -0.3 is 4.90 Å². The van der Waals surface area contributed by atoms with Crippen molar-refractivity contribution in [3.63, 3.8) is 0 Å². The highest BCUT2D eigenvalue weighted by atomic mass is 35.5. The smallest absolute Gasteiger partial charge is 0.244 e. The standard InChI is InChI=1S/C20H21Cl2N5O3S/c1-3-26(17-14-27(24-20(17)22)15-7-6-11-23-13-15)19(28)10-12-25(2)31(29,30)18-9-5-4-8-16(18)21/h4-9,11,13-14H,3,10,12H2,1-2H3. The van der Waals surface area contributed by atoms with E-state index >= 15 is 0 Å². The Morgan fingerprint density at radius 3 is 2.55 bits per heavy atom. The molecule has 0 atom stereocenters. The number of rotatable bonds is 8. The number of carbonyl (C=O) groups is 1. The van der Waals surface area contributed by atoms with Crippen LogP contribution in [-0.4, -0.2) is 53.5 Å². The first-order valence-corrected chi connectivity index (χ1v) is 11.6. The molecule has 0 aliphatic heterocycles. The van der Waals surface area contributed by atoms with Crippen molar-refractivity contribution >= 4 is 44.8 Å². The van der Waals surface area contributed by atoms with Gasteiger partial charge in [-0.05, 0) is 31.2 Å². The number of sulfonamides is 1. The first-order chi connectivity index (χ1) is 14.8. The lowest BCUT2D eigenvalue weighted by atomic mass is 10.3. The normalized spacial score (nSPS) is 11.6. The number of amides is 1. The molecule has 0 saturated heterocycles. The van der Waals surface area contributed by atoms with E-state index in [0.29, 0.717) is 17.9 Å². The highest BCUT2D eigenvalue weighted by Gasteiger charge is 2.26. The maximum Gasteiger partial charge on any atom is 0.244 e. The topological polar surface area (TPSA) is 88.4 Å². The maximum atomic E-state index is 12.9. The molecule has 0 spiro atoms. The van der Waals surface area contributed by atoms with E-state index in [9.17, 15) is 13.2 Å². The average molecular weight is 482 g/mol. The van der Waals surface area contributed by atoms with Crippen molar-refractivity contribution < 1.29 is 13.2 Å². The van der Waals surface area contributed by atoms with E-state index in [0.717, 1.165) is 4.31 Å². The van der Waals surface area contributed by atoms with E-state index in [4.69, 9.17) is 23.2 Å². The number of benzene rings is 1. The van der Waals surface area contributed by atoms with E-state index in [1.165, 1.54) is 28.8 Å². The van der Waals surface area contributed by atoms with E-state index < -0.39 is 10.0 Å². The van der Waals surface area contributed by atoms with Gasteiger partial charge >= 0.3 is 0 Å². The molecule has 0 radical (unpaired) electrons. The van der Waals surface area contributed by atoms with Crippen LogP contribution < -0.4 is 4.90 Å². The van der Waals surface area contributed by atoms with Gasteiger partial charge in [0.05, 0.1) is 23.1 Å². The van der Waals surface area contributed by atoms with Crippen molar-refractivity contribution in [2.75, 3.05) is 25.0 Å². The van der Waals surface area contributed by atoms with Gasteiger partial charge in [-0.1, -0.05) is 35.3 Å². The van der Waals surface area contributed by atoms with Crippen LogP contribution in [0.3, 0.4) is 0 Å². The molecule has 0 N–H and O–H groups in total. The van der Waals surface area contributed by atoms with Crippen LogP contribution in [0.4, 0.5) is 5.69 Å². The molecule has 0 aliphatic rings. The molecule has 2 aromatic heterocycles. The fourth-order valence-corrected chi connectivity index (χ4v) is 4.85. The number of pyridine rings is 1. The Morgan fingerprint density at radius 1 is 1.16 bits per heavy atom. The average Bonchev–Trinajstić information content (AvgIpc) is 3.14. The summed E-state index contributed by atoms with van der Waals surface area (Å²) in [7, 11) is -2.41. The Bertz CT molecular complexity index is 1170. The lowest BCUT2D eigenvalue weighted by Gasteiger charge is -2.22. The predicted octanol–water partition coefficient (Wildman–Crippen LogP) is 3.64. The summed E-state index contributed by atoms with van der Waals surface area (Å²) >= 11 is 12.3. The fraction of sp³-hybridized carbons (Fsp3) is 0.250. The second-order valence-corrected chi connectivity index (χ2v) is 9.38. The summed E-state index contributed by atoms with van der Waals surface area (Å²) in [5.74, 6) is -0.281. The summed E-state index contributed by atoms with van der Waals surface area (Å²) in [6, 6.07) is 9.77. The van der Waals surface area contributed by atoms with Crippen molar-refractivity contribution in [3.8, 4) is 5.69 Å². The molecule has 0 saturated carbocycles. The Morgan fingerprint density at radius 2 is 1.90 bits per heavy atom. The van der Waals surface area contributed by atoms with Crippen LogP contribution in [-0.2, 0) is 14.8 Å². The molecule has 0 fully saturated rings. The molecule has 3 aromatic rings. The molecule has 0 unspecified atom stereocenters. The molecule has 8 nitrogen and oxygen atoms in total. The van der Waals surface area contributed by atoms with Crippen molar-refractivity contribution in [1.29, 1.82) is 0 Å². The molecule has 31 heavy (non-hydrogen) atoms. The van der Waals surface area contributed by atoms with E-state index in [1.807, 2.05) is 6.07 Å². The van der Waals surface area contributed by atoms with Crippen molar-refractivity contribution in [3.05, 3.63) is 65.2 Å². The van der Waals surface area contributed by atoms with Gasteiger partial charge in [0.15, 0.2) is 5.15 Å². The first kappa shape index (κ1) is 23.2. The van der Waals surface area contributed by atoms with Gasteiger partial charge in [-0.2, -0.15) is 5.10 Å². The SMILES string of the molecule is CCN(C(=O)CCN(C)S(=O)(=O)c1ccccc1Cl)c1cn(-c2cccnc2)nc1Cl. The molecule has 0 bridgehead atoms. The minimum Gasteiger partial charge on any atom is -0.308 e. The molecule has 1 aromatic carbocycles. The Hall–Kier alpha value is -2.46. The number of aromatic nitrogens is 3. The molecular weight excluding hydrogens is 461 g/mol. The number of carbonyl (C=O) groups excluding carboxylic acids is 1. The second-order valence-electron chi connectivity index (χ2n) is 6.61. The highest BCUT2D eigenvalue weighted by molar-refractivity contribution is 7.89. The molecule has 0 aliphatic carbocycles. The molecule has 1 amide bonds. The zero-order valence-electron chi connectivity index (χ0n) is 16.9. The van der Waals surface area contributed by atoms with Gasteiger partial charge in [-0.3, -0.25) is 9.78 Å². The Labute approximate surface area is 191 Å². The zero-order valence-corrected chi connectivity index (χ0v) is 19.3. The predicted molar refractivity (Wildman–Crippen MR) is 120 cm³/mol. The molecular formula is C20H21Cl2N5O3S. The second kappa shape index (κ2) is 9.78. The lowest BCUT2D eigenvalue weighted by molar-refractivity contribution is -0.118. The number of hydrogen-bond acceptors (Lipinski definition) is 5. The van der Waals surface area contributed by atoms with Crippen LogP contribution in [0, 0.1) is 0 Å². The zero-order chi connectivity index (χ0) is 22.6. The summed E-state index contributed by atoms with van der Waals surface area (Å²) in [4.78, 5) is 18.4. The van der Waals surface area contributed by atoms with Crippen LogP contribution in [0.2, 0.25) is 10.2 Å². The minimum absolute atomic E-state index is 0.000227. The number of hydrogen-bond donors (Lipinski definition) is 0. The third-order valence-corrected chi connectivity index (χ3v) is 7.26. The monoisotopic (exact) mass is 481 g/mol. The van der Waals surface area contributed by atoms with Crippen molar-refractivity contribution in [1.82, 2.24) is 19.1 Å². The van der Waals surface area contributed by atoms with Crippen LogP contribution in [0.15, 0.2) is 59.9 Å². The van der Waals surface area contributed by atoms with Gasteiger partial charge in [-0.15, -0.1) is 0 Å². The van der Waals surface area contributed by atoms with Gasteiger partial charge in [0.25, 0.3) is 0 Å². The third kappa shape index (κ3) is 5.07. The summed E-state index contributed by atoms with van der Waals surface area (Å²) in [5.41, 5.74) is 1.14. The van der Waals surface area contributed by atoms with Gasteiger partial charge in [0, 0.05) is 32.8 Å². The lowest BCUT2D eigenvalue weighted by Crippen LogP contribution is -2.35. The third-order valence-electron chi connectivity index (χ3n) is 4.64. The maximum absolute atomic E-state index is 12.9. The van der Waals surface area contributed by atoms with Crippen LogP contribution in [0.25, 0.3) is 5.69 Å². The van der Waals surface area contributed by atoms with Crippen LogP contribution in [0.5, 0.6) is 0 Å². The molecule has 3 rings (SSSR count). The fourth-order valence-electron chi connectivity index (χ4n) is 2.96. The van der Waals surface area contributed by atoms with Gasteiger partial charge in [0.2, 0.25) is 15.9 Å². The van der Waals surface area contributed by atoms with Gasteiger partial charge in [-0.25, -0.2) is 17.4 Å². The Kier molecular flexibility index (Phi) is 7.32. The summed E-state index contributed by atoms with van der Waals surface area (Å²) in [6.45, 7) is 2.13. The van der Waals surface area contributed by atoms with E-state index in [-0.39, 0.29) is 33.9 Å². The highest BCUT2D eigenvalue weighted by Crippen LogP contribution is 2.27. The number of halogens is 2. The van der Waals surface area contributed by atoms with Gasteiger partial charge in [0.1, 0.15) is 10.6 Å². The first-order valence-electron chi connectivity index (χ1n) is 9.42. The van der Waals surface area contributed by atoms with E-state index in [2.05, 4.69) is 10.1 Å². The summed E-state index contributed by atoms with van der Waals surface area (Å²) in [5, 5.41) is 4.54. The largest absolute Gasteiger partial charge is 0.308 e.